The second-order valence-corrected chi connectivity index (χ2v) is 4.20. The van der Waals surface area contributed by atoms with E-state index in [0.29, 0.717) is 0 Å². The third kappa shape index (κ3) is 2.74. The lowest BCUT2D eigenvalue weighted by atomic mass is 9.95. The molecule has 0 aromatic carbocycles. The van der Waals surface area contributed by atoms with E-state index in [2.05, 4.69) is 15.5 Å². The number of nitrogens with one attached hydrogen (secondary N) is 1. The Labute approximate surface area is 94.0 Å². The molecule has 0 saturated heterocycles. The maximum Gasteiger partial charge on any atom is 0.287 e. The number of rotatable bonds is 2. The quantitative estimate of drug-likeness (QED) is 0.764. The summed E-state index contributed by atoms with van der Waals surface area (Å²) in [7, 11) is 0. The van der Waals surface area contributed by atoms with Crippen LogP contribution < -0.4 is 5.32 Å². The summed E-state index contributed by atoms with van der Waals surface area (Å²) in [5.74, 6) is -0.555. The molecule has 1 N–H and O–H groups in total. The van der Waals surface area contributed by atoms with Crippen molar-refractivity contribution in [2.75, 3.05) is 0 Å². The van der Waals surface area contributed by atoms with Gasteiger partial charge >= 0.3 is 0 Å². The molecule has 1 aliphatic heterocycles. The highest BCUT2D eigenvalue weighted by molar-refractivity contribution is 5.92. The minimum absolute atomic E-state index is 0.153. The predicted octanol–water partition coefficient (Wildman–Crippen LogP) is 1.35. The van der Waals surface area contributed by atoms with E-state index >= 15 is 0 Å². The molecule has 1 saturated carbocycles. The van der Waals surface area contributed by atoms with Gasteiger partial charge in [-0.3, -0.25) is 9.59 Å². The van der Waals surface area contributed by atoms with Gasteiger partial charge in [0, 0.05) is 12.1 Å². The molecular weight excluding hydrogens is 206 g/mol. The van der Waals surface area contributed by atoms with Gasteiger partial charge in [0.15, 0.2) is 6.04 Å². The van der Waals surface area contributed by atoms with E-state index in [1.165, 1.54) is 31.4 Å². The first-order valence-electron chi connectivity index (χ1n) is 5.69. The highest BCUT2D eigenvalue weighted by Gasteiger charge is 2.22. The first-order valence-corrected chi connectivity index (χ1v) is 5.69. The normalized spacial score (nSPS) is 25.8. The molecule has 1 aliphatic carbocycles. The lowest BCUT2D eigenvalue weighted by Gasteiger charge is -2.23. The molecule has 1 heterocycles. The second kappa shape index (κ2) is 5.01. The molecule has 1 unspecified atom stereocenters. The number of carbonyl (C=O) groups excluding carboxylic acids is 2. The summed E-state index contributed by atoms with van der Waals surface area (Å²) >= 11 is 0. The molecule has 0 bridgehead atoms. The van der Waals surface area contributed by atoms with Crippen molar-refractivity contribution in [2.24, 2.45) is 10.2 Å². The third-order valence-corrected chi connectivity index (χ3v) is 2.92. The Morgan fingerprint density at radius 1 is 1.31 bits per heavy atom. The summed E-state index contributed by atoms with van der Waals surface area (Å²) < 4.78 is 0. The molecule has 5 heteroatoms. The molecule has 0 aromatic rings. The predicted molar refractivity (Wildman–Crippen MR) is 57.8 cm³/mol. The average Bonchev–Trinajstić information content (AvgIpc) is 2.31. The van der Waals surface area contributed by atoms with Gasteiger partial charge in [0.2, 0.25) is 0 Å². The molecule has 16 heavy (non-hydrogen) atoms. The van der Waals surface area contributed by atoms with E-state index in [9.17, 15) is 9.59 Å². The summed E-state index contributed by atoms with van der Waals surface area (Å²) in [5, 5.41) is 9.96. The van der Waals surface area contributed by atoms with Gasteiger partial charge < -0.3 is 5.32 Å². The van der Waals surface area contributed by atoms with Gasteiger partial charge in [0.25, 0.3) is 11.8 Å². The Kier molecular flexibility index (Phi) is 3.44. The summed E-state index contributed by atoms with van der Waals surface area (Å²) in [6.45, 7) is 0. The van der Waals surface area contributed by atoms with E-state index in [0.717, 1.165) is 12.8 Å². The van der Waals surface area contributed by atoms with Gasteiger partial charge in [-0.25, -0.2) is 0 Å². The van der Waals surface area contributed by atoms with Crippen molar-refractivity contribution in [3.05, 3.63) is 12.2 Å². The highest BCUT2D eigenvalue weighted by atomic mass is 16.2. The number of amides is 2. The fourth-order valence-corrected chi connectivity index (χ4v) is 2.04. The smallest absolute Gasteiger partial charge is 0.287 e. The van der Waals surface area contributed by atoms with Crippen molar-refractivity contribution in [1.29, 1.82) is 0 Å². The molecule has 1 fully saturated rings. The molecule has 2 amide bonds. The van der Waals surface area contributed by atoms with Crippen molar-refractivity contribution in [1.82, 2.24) is 5.32 Å². The molecule has 86 valence electrons. The van der Waals surface area contributed by atoms with Crippen LogP contribution in [0, 0.1) is 0 Å². The van der Waals surface area contributed by atoms with E-state index in [1.807, 2.05) is 0 Å². The van der Waals surface area contributed by atoms with Gasteiger partial charge in [-0.15, -0.1) is 5.11 Å². The number of nitrogens with zero attached hydrogens (tertiary/aromatic N) is 2. The zero-order chi connectivity index (χ0) is 11.4. The molecule has 5 nitrogen and oxygen atoms in total. The van der Waals surface area contributed by atoms with Crippen LogP contribution in [0.1, 0.15) is 32.1 Å². The maximum absolute atomic E-state index is 11.7. The Balaban J connectivity index is 1.85. The van der Waals surface area contributed by atoms with E-state index < -0.39 is 11.9 Å². The zero-order valence-electron chi connectivity index (χ0n) is 9.06. The number of hydrogen-bond donors (Lipinski definition) is 1. The summed E-state index contributed by atoms with van der Waals surface area (Å²) in [6, 6.07) is -0.359. The second-order valence-electron chi connectivity index (χ2n) is 4.20. The Morgan fingerprint density at radius 2 is 2.06 bits per heavy atom. The van der Waals surface area contributed by atoms with Crippen LogP contribution in [0.3, 0.4) is 0 Å². The van der Waals surface area contributed by atoms with E-state index in [1.54, 1.807) is 0 Å². The van der Waals surface area contributed by atoms with Crippen LogP contribution in [-0.2, 0) is 9.59 Å². The lowest BCUT2D eigenvalue weighted by Crippen LogP contribution is -2.41. The topological polar surface area (TPSA) is 70.9 Å². The largest absolute Gasteiger partial charge is 0.351 e. The Morgan fingerprint density at radius 3 is 2.69 bits per heavy atom. The lowest BCUT2D eigenvalue weighted by molar-refractivity contribution is -0.122. The van der Waals surface area contributed by atoms with Crippen molar-refractivity contribution < 1.29 is 9.59 Å². The fraction of sp³-hybridized carbons (Fsp3) is 0.636. The number of carbonyl (C=O) groups is 2. The molecule has 1 atom stereocenters. The van der Waals surface area contributed by atoms with Gasteiger partial charge in [0.1, 0.15) is 0 Å². The molecule has 0 spiro atoms. The van der Waals surface area contributed by atoms with E-state index in [-0.39, 0.29) is 11.9 Å². The van der Waals surface area contributed by atoms with E-state index in [4.69, 9.17) is 0 Å². The standard InChI is InChI=1S/C11H15N3O2/c15-10-7-6-9(13-14-10)11(16)12-8-4-2-1-3-5-8/h6-9H,1-5H2,(H,12,16). The van der Waals surface area contributed by atoms with Crippen LogP contribution in [0.15, 0.2) is 22.4 Å². The van der Waals surface area contributed by atoms with Gasteiger partial charge in [-0.1, -0.05) is 19.3 Å². The summed E-state index contributed by atoms with van der Waals surface area (Å²) in [4.78, 5) is 22.5. The van der Waals surface area contributed by atoms with Crippen molar-refractivity contribution in [3.63, 3.8) is 0 Å². The molecule has 0 aromatic heterocycles. The van der Waals surface area contributed by atoms with Gasteiger partial charge in [-0.05, 0) is 18.9 Å². The van der Waals surface area contributed by atoms with Crippen LogP contribution in [0.5, 0.6) is 0 Å². The molecular formula is C11H15N3O2. The maximum atomic E-state index is 11.7. The Bertz CT molecular complexity index is 327. The van der Waals surface area contributed by atoms with Crippen LogP contribution in [-0.4, -0.2) is 23.9 Å². The first kappa shape index (κ1) is 11.0. The minimum Gasteiger partial charge on any atom is -0.351 e. The van der Waals surface area contributed by atoms with Crippen molar-refractivity contribution in [2.45, 2.75) is 44.2 Å². The molecule has 0 radical (unpaired) electrons. The summed E-state index contributed by atoms with van der Waals surface area (Å²) in [5.41, 5.74) is 0. The third-order valence-electron chi connectivity index (χ3n) is 2.92. The Hall–Kier alpha value is -1.52. The van der Waals surface area contributed by atoms with Crippen LogP contribution >= 0.6 is 0 Å². The van der Waals surface area contributed by atoms with Crippen LogP contribution in [0.4, 0.5) is 0 Å². The summed E-state index contributed by atoms with van der Waals surface area (Å²) in [6.07, 6.45) is 8.46. The fourth-order valence-electron chi connectivity index (χ4n) is 2.04. The SMILES string of the molecule is O=C1C=CC(C(=O)NC2CCCCC2)N=N1. The highest BCUT2D eigenvalue weighted by Crippen LogP contribution is 2.17. The monoisotopic (exact) mass is 221 g/mol. The van der Waals surface area contributed by atoms with Crippen LogP contribution in [0.2, 0.25) is 0 Å². The number of hydrogen-bond acceptors (Lipinski definition) is 3. The van der Waals surface area contributed by atoms with Crippen molar-refractivity contribution >= 4 is 11.8 Å². The van der Waals surface area contributed by atoms with Gasteiger partial charge in [-0.2, -0.15) is 5.11 Å². The zero-order valence-corrected chi connectivity index (χ0v) is 9.06. The molecule has 2 aliphatic rings. The van der Waals surface area contributed by atoms with Crippen molar-refractivity contribution in [3.8, 4) is 0 Å². The number of azo groups is 1. The minimum atomic E-state index is -0.625. The first-order chi connectivity index (χ1) is 7.75. The molecule has 2 rings (SSSR count). The van der Waals surface area contributed by atoms with Crippen LogP contribution in [0.25, 0.3) is 0 Å². The van der Waals surface area contributed by atoms with Gasteiger partial charge in [0.05, 0.1) is 0 Å². The average molecular weight is 221 g/mol.